The fraction of sp³-hybridized carbons (Fsp3) is 0.667. The largest absolute Gasteiger partial charge is 0.392 e. The number of primary amides is 1. The highest BCUT2D eigenvalue weighted by Crippen LogP contribution is 2.48. The van der Waals surface area contributed by atoms with Gasteiger partial charge in [0.05, 0.1) is 10.4 Å². The average Bonchev–Trinajstić information content (AvgIpc) is 2.79. The van der Waals surface area contributed by atoms with Crippen LogP contribution in [0, 0.1) is 5.41 Å². The second-order valence-electron chi connectivity index (χ2n) is 4.15. The highest BCUT2D eigenvalue weighted by Gasteiger charge is 2.57. The number of hydrogen-bond acceptors (Lipinski definition) is 3. The van der Waals surface area contributed by atoms with E-state index in [-0.39, 0.29) is 10.9 Å². The van der Waals surface area contributed by atoms with Crippen LogP contribution < -0.4 is 11.5 Å². The van der Waals surface area contributed by atoms with E-state index in [1.807, 2.05) is 0 Å². The van der Waals surface area contributed by atoms with Crippen molar-refractivity contribution in [2.45, 2.75) is 25.3 Å². The van der Waals surface area contributed by atoms with Crippen molar-refractivity contribution in [3.63, 3.8) is 0 Å². The Bertz CT molecular complexity index is 351. The van der Waals surface area contributed by atoms with Crippen molar-refractivity contribution in [1.29, 1.82) is 0 Å². The maximum atomic E-state index is 12.0. The number of carbonyl (C=O) groups is 2. The third-order valence-corrected chi connectivity index (χ3v) is 3.63. The lowest BCUT2D eigenvalue weighted by Gasteiger charge is -2.40. The molecule has 1 saturated heterocycles. The van der Waals surface area contributed by atoms with E-state index >= 15 is 0 Å². The fourth-order valence-electron chi connectivity index (χ4n) is 1.89. The summed E-state index contributed by atoms with van der Waals surface area (Å²) >= 11 is 4.88. The van der Waals surface area contributed by atoms with E-state index in [4.69, 9.17) is 23.7 Å². The molecule has 0 radical (unpaired) electrons. The third kappa shape index (κ3) is 1.40. The molecule has 1 saturated carbocycles. The highest BCUT2D eigenvalue weighted by atomic mass is 32.1. The number of carbonyl (C=O) groups excluding carboxylic acids is 2. The Morgan fingerprint density at radius 1 is 1.33 bits per heavy atom. The van der Waals surface area contributed by atoms with Crippen molar-refractivity contribution >= 4 is 29.0 Å². The summed E-state index contributed by atoms with van der Waals surface area (Å²) in [5, 5.41) is 0. The normalized spacial score (nSPS) is 26.7. The van der Waals surface area contributed by atoms with Crippen LogP contribution in [0.3, 0.4) is 0 Å². The van der Waals surface area contributed by atoms with E-state index in [9.17, 15) is 9.59 Å². The number of amides is 2. The van der Waals surface area contributed by atoms with Gasteiger partial charge >= 0.3 is 0 Å². The van der Waals surface area contributed by atoms with Gasteiger partial charge in [-0.2, -0.15) is 0 Å². The van der Waals surface area contributed by atoms with Gasteiger partial charge in [-0.1, -0.05) is 12.2 Å². The lowest BCUT2D eigenvalue weighted by Crippen LogP contribution is -2.60. The predicted molar refractivity (Wildman–Crippen MR) is 57.8 cm³/mol. The molecule has 5 nitrogen and oxygen atoms in total. The SMILES string of the molecule is NC(=O)C1CCN1C(=O)C1(C(N)=S)CC1. The van der Waals surface area contributed by atoms with Crippen LogP contribution in [0.2, 0.25) is 0 Å². The van der Waals surface area contributed by atoms with E-state index in [2.05, 4.69) is 0 Å². The topological polar surface area (TPSA) is 89.4 Å². The lowest BCUT2D eigenvalue weighted by atomic mass is 9.96. The van der Waals surface area contributed by atoms with Gasteiger partial charge in [-0.15, -0.1) is 0 Å². The van der Waals surface area contributed by atoms with Crippen LogP contribution in [0.4, 0.5) is 0 Å². The Kier molecular flexibility index (Phi) is 2.18. The Balaban J connectivity index is 2.10. The van der Waals surface area contributed by atoms with Crippen LogP contribution in [-0.2, 0) is 9.59 Å². The predicted octanol–water partition coefficient (Wildman–Crippen LogP) is -0.861. The molecule has 82 valence electrons. The molecular formula is C9H13N3O2S. The lowest BCUT2D eigenvalue weighted by molar-refractivity contribution is -0.148. The second-order valence-corrected chi connectivity index (χ2v) is 4.59. The van der Waals surface area contributed by atoms with E-state index in [1.54, 1.807) is 0 Å². The molecule has 1 heterocycles. The molecule has 1 atom stereocenters. The molecule has 0 aromatic heterocycles. The van der Waals surface area contributed by atoms with Gasteiger partial charge in [0.15, 0.2) is 0 Å². The quantitative estimate of drug-likeness (QED) is 0.614. The number of nitrogens with two attached hydrogens (primary N) is 2. The molecule has 4 N–H and O–H groups in total. The van der Waals surface area contributed by atoms with Crippen LogP contribution in [0.1, 0.15) is 19.3 Å². The number of hydrogen-bond donors (Lipinski definition) is 2. The first kappa shape index (κ1) is 10.4. The summed E-state index contributed by atoms with van der Waals surface area (Å²) < 4.78 is 0. The van der Waals surface area contributed by atoms with Crippen molar-refractivity contribution < 1.29 is 9.59 Å². The minimum absolute atomic E-state index is 0.120. The molecule has 1 aliphatic heterocycles. The molecule has 2 rings (SSSR count). The second kappa shape index (κ2) is 3.16. The molecule has 0 aromatic carbocycles. The molecule has 2 amide bonds. The first-order valence-corrected chi connectivity index (χ1v) is 5.30. The van der Waals surface area contributed by atoms with E-state index in [0.29, 0.717) is 25.8 Å². The van der Waals surface area contributed by atoms with Crippen LogP contribution in [0.5, 0.6) is 0 Å². The smallest absolute Gasteiger partial charge is 0.240 e. The average molecular weight is 227 g/mol. The molecule has 2 fully saturated rings. The molecular weight excluding hydrogens is 214 g/mol. The van der Waals surface area contributed by atoms with Gasteiger partial charge in [-0.25, -0.2) is 0 Å². The van der Waals surface area contributed by atoms with Gasteiger partial charge in [0.25, 0.3) is 0 Å². The highest BCUT2D eigenvalue weighted by molar-refractivity contribution is 7.80. The summed E-state index contributed by atoms with van der Waals surface area (Å²) in [5.74, 6) is -0.571. The monoisotopic (exact) mass is 227 g/mol. The Labute approximate surface area is 92.8 Å². The summed E-state index contributed by atoms with van der Waals surface area (Å²) in [5.41, 5.74) is 10.0. The van der Waals surface area contributed by atoms with Crippen molar-refractivity contribution in [3.8, 4) is 0 Å². The molecule has 15 heavy (non-hydrogen) atoms. The van der Waals surface area contributed by atoms with E-state index in [0.717, 1.165) is 0 Å². The van der Waals surface area contributed by atoms with E-state index in [1.165, 1.54) is 4.90 Å². The first-order chi connectivity index (χ1) is 6.99. The number of nitrogens with zero attached hydrogens (tertiary/aromatic N) is 1. The van der Waals surface area contributed by atoms with Crippen LogP contribution >= 0.6 is 12.2 Å². The zero-order chi connectivity index (χ0) is 11.2. The molecule has 6 heteroatoms. The number of rotatable bonds is 3. The van der Waals surface area contributed by atoms with Crippen LogP contribution in [0.15, 0.2) is 0 Å². The van der Waals surface area contributed by atoms with Crippen LogP contribution in [0.25, 0.3) is 0 Å². The molecule has 2 aliphatic rings. The third-order valence-electron chi connectivity index (χ3n) is 3.24. The van der Waals surface area contributed by atoms with Crippen molar-refractivity contribution in [3.05, 3.63) is 0 Å². The molecule has 1 unspecified atom stereocenters. The standard InChI is InChI=1S/C9H13N3O2S/c10-6(13)5-1-4-12(5)8(14)9(2-3-9)7(11)15/h5H,1-4H2,(H2,10,13)(H2,11,15). The summed E-state index contributed by atoms with van der Waals surface area (Å²) in [6.45, 7) is 0.580. The molecule has 0 spiro atoms. The zero-order valence-electron chi connectivity index (χ0n) is 8.23. The van der Waals surface area contributed by atoms with Crippen molar-refractivity contribution in [2.75, 3.05) is 6.54 Å². The van der Waals surface area contributed by atoms with Crippen molar-refractivity contribution in [1.82, 2.24) is 4.90 Å². The van der Waals surface area contributed by atoms with E-state index < -0.39 is 17.4 Å². The summed E-state index contributed by atoms with van der Waals surface area (Å²) in [6.07, 6.45) is 2.04. The van der Waals surface area contributed by atoms with Crippen LogP contribution in [-0.4, -0.2) is 34.3 Å². The maximum Gasteiger partial charge on any atom is 0.240 e. The summed E-state index contributed by atoms with van der Waals surface area (Å²) in [4.78, 5) is 24.7. The Hall–Kier alpha value is -1.17. The minimum atomic E-state index is -0.663. The Morgan fingerprint density at radius 3 is 2.20 bits per heavy atom. The van der Waals surface area contributed by atoms with Gasteiger partial charge in [0.1, 0.15) is 6.04 Å². The summed E-state index contributed by atoms with van der Waals surface area (Å²) in [7, 11) is 0. The number of thiocarbonyl (C=S) groups is 1. The first-order valence-electron chi connectivity index (χ1n) is 4.89. The van der Waals surface area contributed by atoms with Gasteiger partial charge in [-0.3, -0.25) is 9.59 Å². The number of likely N-dealkylation sites (tertiary alicyclic amines) is 1. The maximum absolute atomic E-state index is 12.0. The van der Waals surface area contributed by atoms with Gasteiger partial charge in [0.2, 0.25) is 11.8 Å². The fourth-order valence-corrected chi connectivity index (χ4v) is 2.18. The minimum Gasteiger partial charge on any atom is -0.392 e. The molecule has 0 aromatic rings. The molecule has 1 aliphatic carbocycles. The van der Waals surface area contributed by atoms with Gasteiger partial charge < -0.3 is 16.4 Å². The summed E-state index contributed by atoms with van der Waals surface area (Å²) in [6, 6.07) is -0.454. The van der Waals surface area contributed by atoms with Gasteiger partial charge in [0, 0.05) is 6.54 Å². The van der Waals surface area contributed by atoms with Crippen molar-refractivity contribution in [2.24, 2.45) is 16.9 Å². The van der Waals surface area contributed by atoms with Gasteiger partial charge in [-0.05, 0) is 19.3 Å². The zero-order valence-corrected chi connectivity index (χ0v) is 9.05. The molecule has 0 bridgehead atoms. The Morgan fingerprint density at radius 2 is 1.93 bits per heavy atom.